The van der Waals surface area contributed by atoms with E-state index in [-0.39, 0.29) is 17.9 Å². The maximum Gasteiger partial charge on any atom is 0.185 e. The minimum absolute atomic E-state index is 0.119. The predicted octanol–water partition coefficient (Wildman–Crippen LogP) is 2.52. The monoisotopic (exact) mass is 232 g/mol. The number of Topliss-reactive ketones (excluding diaryl/α,β-unsaturated/α-hetero) is 1. The minimum Gasteiger partial charge on any atom is -0.327 e. The van der Waals surface area contributed by atoms with E-state index in [2.05, 4.69) is 4.98 Å². The second-order valence-electron chi connectivity index (χ2n) is 3.95. The lowest BCUT2D eigenvalue weighted by Gasteiger charge is -2.05. The summed E-state index contributed by atoms with van der Waals surface area (Å²) in [6.45, 7) is 3.88. The topological polar surface area (TPSA) is 34.9 Å². The number of halogens is 1. The number of carbonyl (C=O) groups excluding carboxylic acids is 1. The van der Waals surface area contributed by atoms with E-state index in [1.54, 1.807) is 23.0 Å². The summed E-state index contributed by atoms with van der Waals surface area (Å²) in [5.74, 6) is -0.726. The summed E-state index contributed by atoms with van der Waals surface area (Å²) in [4.78, 5) is 16.0. The number of ketones is 1. The standard InChI is InChI=1S/C13H13FN2O/c1-9-10(2)16(8-15-9)7-13(17)11-5-3-4-6-12(11)14/h3-6,8H,7H2,1-2H3. The lowest BCUT2D eigenvalue weighted by atomic mass is 10.1. The van der Waals surface area contributed by atoms with Gasteiger partial charge in [-0.3, -0.25) is 4.79 Å². The predicted molar refractivity (Wildman–Crippen MR) is 62.4 cm³/mol. The Balaban J connectivity index is 2.23. The van der Waals surface area contributed by atoms with Crippen molar-refractivity contribution in [3.8, 4) is 0 Å². The molecule has 0 N–H and O–H groups in total. The Labute approximate surface area is 98.9 Å². The van der Waals surface area contributed by atoms with Crippen LogP contribution in [0.25, 0.3) is 0 Å². The van der Waals surface area contributed by atoms with Gasteiger partial charge in [-0.15, -0.1) is 0 Å². The van der Waals surface area contributed by atoms with Gasteiger partial charge in [0.15, 0.2) is 5.78 Å². The van der Waals surface area contributed by atoms with Crippen LogP contribution in [0, 0.1) is 19.7 Å². The second-order valence-corrected chi connectivity index (χ2v) is 3.95. The van der Waals surface area contributed by atoms with Gasteiger partial charge in [0.2, 0.25) is 0 Å². The fraction of sp³-hybridized carbons (Fsp3) is 0.231. The average Bonchev–Trinajstić information content (AvgIpc) is 2.61. The largest absolute Gasteiger partial charge is 0.327 e. The molecule has 0 radical (unpaired) electrons. The third-order valence-corrected chi connectivity index (χ3v) is 2.83. The van der Waals surface area contributed by atoms with Crippen molar-refractivity contribution in [1.82, 2.24) is 9.55 Å². The van der Waals surface area contributed by atoms with Gasteiger partial charge in [0, 0.05) is 5.69 Å². The van der Waals surface area contributed by atoms with Gasteiger partial charge < -0.3 is 4.57 Å². The fourth-order valence-electron chi connectivity index (χ4n) is 1.63. The van der Waals surface area contributed by atoms with Crippen LogP contribution in [-0.4, -0.2) is 15.3 Å². The smallest absolute Gasteiger partial charge is 0.185 e. The number of hydrogen-bond acceptors (Lipinski definition) is 2. The van der Waals surface area contributed by atoms with Crippen molar-refractivity contribution in [2.75, 3.05) is 0 Å². The van der Waals surface area contributed by atoms with Crippen LogP contribution in [0.1, 0.15) is 21.7 Å². The third kappa shape index (κ3) is 2.25. The van der Waals surface area contributed by atoms with Crippen LogP contribution in [0.5, 0.6) is 0 Å². The molecular weight excluding hydrogens is 219 g/mol. The molecule has 0 atom stereocenters. The molecule has 17 heavy (non-hydrogen) atoms. The molecule has 1 heterocycles. The SMILES string of the molecule is Cc1ncn(CC(=O)c2ccccc2F)c1C. The zero-order valence-electron chi connectivity index (χ0n) is 9.77. The van der Waals surface area contributed by atoms with Crippen LogP contribution in [-0.2, 0) is 6.54 Å². The molecule has 0 spiro atoms. The zero-order valence-corrected chi connectivity index (χ0v) is 9.77. The number of carbonyl (C=O) groups is 1. The molecule has 1 aromatic heterocycles. The lowest BCUT2D eigenvalue weighted by Crippen LogP contribution is -2.12. The molecule has 0 unspecified atom stereocenters. The van der Waals surface area contributed by atoms with Crippen molar-refractivity contribution in [3.05, 3.63) is 53.4 Å². The van der Waals surface area contributed by atoms with E-state index in [0.29, 0.717) is 0 Å². The third-order valence-electron chi connectivity index (χ3n) is 2.83. The van der Waals surface area contributed by atoms with Gasteiger partial charge in [0.1, 0.15) is 5.82 Å². The van der Waals surface area contributed by atoms with E-state index in [4.69, 9.17) is 0 Å². The van der Waals surface area contributed by atoms with Gasteiger partial charge in [0.25, 0.3) is 0 Å². The molecule has 0 aliphatic carbocycles. The Kier molecular flexibility index (Phi) is 3.04. The molecule has 0 amide bonds. The van der Waals surface area contributed by atoms with E-state index in [9.17, 15) is 9.18 Å². The number of benzene rings is 1. The van der Waals surface area contributed by atoms with Crippen LogP contribution < -0.4 is 0 Å². The number of aromatic nitrogens is 2. The highest BCUT2D eigenvalue weighted by Gasteiger charge is 2.13. The van der Waals surface area contributed by atoms with Gasteiger partial charge in [-0.1, -0.05) is 12.1 Å². The van der Waals surface area contributed by atoms with Gasteiger partial charge in [-0.25, -0.2) is 9.37 Å². The molecule has 2 rings (SSSR count). The van der Waals surface area contributed by atoms with Crippen molar-refractivity contribution in [3.63, 3.8) is 0 Å². The van der Waals surface area contributed by atoms with Crippen LogP contribution in [0.15, 0.2) is 30.6 Å². The quantitative estimate of drug-likeness (QED) is 0.762. The first-order valence-electron chi connectivity index (χ1n) is 5.35. The average molecular weight is 232 g/mol. The van der Waals surface area contributed by atoms with Crippen LogP contribution >= 0.6 is 0 Å². The number of rotatable bonds is 3. The maximum absolute atomic E-state index is 13.4. The van der Waals surface area contributed by atoms with Crippen LogP contribution in [0.4, 0.5) is 4.39 Å². The summed E-state index contributed by atoms with van der Waals surface area (Å²) in [7, 11) is 0. The minimum atomic E-state index is -0.480. The number of aryl methyl sites for hydroxylation is 1. The number of nitrogens with zero attached hydrogens (tertiary/aromatic N) is 2. The molecule has 0 aliphatic rings. The highest BCUT2D eigenvalue weighted by atomic mass is 19.1. The van der Waals surface area contributed by atoms with E-state index >= 15 is 0 Å². The van der Waals surface area contributed by atoms with E-state index < -0.39 is 5.82 Å². The van der Waals surface area contributed by atoms with E-state index in [1.807, 2.05) is 13.8 Å². The summed E-state index contributed by atoms with van der Waals surface area (Å²) in [5, 5.41) is 0. The van der Waals surface area contributed by atoms with Gasteiger partial charge in [-0.05, 0) is 26.0 Å². The van der Waals surface area contributed by atoms with E-state index in [0.717, 1.165) is 11.4 Å². The first-order chi connectivity index (χ1) is 8.09. The molecule has 2 aromatic rings. The maximum atomic E-state index is 13.4. The Hall–Kier alpha value is -1.97. The molecule has 0 saturated carbocycles. The summed E-state index contributed by atoms with van der Waals surface area (Å²) < 4.78 is 15.1. The van der Waals surface area contributed by atoms with Crippen LogP contribution in [0.2, 0.25) is 0 Å². The fourth-order valence-corrected chi connectivity index (χ4v) is 1.63. The summed E-state index contributed by atoms with van der Waals surface area (Å²) >= 11 is 0. The molecule has 0 saturated heterocycles. The molecule has 3 nitrogen and oxygen atoms in total. The normalized spacial score (nSPS) is 10.5. The molecular formula is C13H13FN2O. The lowest BCUT2D eigenvalue weighted by molar-refractivity contribution is 0.0967. The zero-order chi connectivity index (χ0) is 12.4. The Morgan fingerprint density at radius 2 is 2.06 bits per heavy atom. The van der Waals surface area contributed by atoms with Crippen molar-refractivity contribution < 1.29 is 9.18 Å². The molecule has 0 bridgehead atoms. The Morgan fingerprint density at radius 1 is 1.35 bits per heavy atom. The summed E-state index contributed by atoms with van der Waals surface area (Å²) in [6, 6.07) is 6.01. The van der Waals surface area contributed by atoms with Crippen molar-refractivity contribution >= 4 is 5.78 Å². The Morgan fingerprint density at radius 3 is 2.65 bits per heavy atom. The van der Waals surface area contributed by atoms with Crippen molar-refractivity contribution in [2.45, 2.75) is 20.4 Å². The first-order valence-corrected chi connectivity index (χ1v) is 5.35. The van der Waals surface area contributed by atoms with Gasteiger partial charge in [-0.2, -0.15) is 0 Å². The number of hydrogen-bond donors (Lipinski definition) is 0. The first kappa shape index (κ1) is 11.5. The molecule has 1 aromatic carbocycles. The van der Waals surface area contributed by atoms with E-state index in [1.165, 1.54) is 12.1 Å². The molecule has 88 valence electrons. The highest BCUT2D eigenvalue weighted by Crippen LogP contribution is 2.10. The van der Waals surface area contributed by atoms with Gasteiger partial charge >= 0.3 is 0 Å². The molecule has 0 fully saturated rings. The second kappa shape index (κ2) is 4.49. The van der Waals surface area contributed by atoms with Gasteiger partial charge in [0.05, 0.1) is 24.1 Å². The number of imidazole rings is 1. The summed E-state index contributed by atoms with van der Waals surface area (Å²) in [6.07, 6.45) is 1.60. The van der Waals surface area contributed by atoms with Crippen molar-refractivity contribution in [1.29, 1.82) is 0 Å². The molecule has 0 aliphatic heterocycles. The van der Waals surface area contributed by atoms with Crippen molar-refractivity contribution in [2.24, 2.45) is 0 Å². The Bertz CT molecular complexity index is 560. The highest BCUT2D eigenvalue weighted by molar-refractivity contribution is 5.96. The molecule has 4 heteroatoms. The van der Waals surface area contributed by atoms with Crippen LogP contribution in [0.3, 0.4) is 0 Å². The summed E-state index contributed by atoms with van der Waals surface area (Å²) in [5.41, 5.74) is 1.93.